The largest absolute Gasteiger partial charge is 0.376 e. The second-order valence-corrected chi connectivity index (χ2v) is 14.8. The number of aromatic nitrogens is 3. The summed E-state index contributed by atoms with van der Waals surface area (Å²) in [7, 11) is -3.87. The molecule has 2 aliphatic heterocycles. The van der Waals surface area contributed by atoms with Gasteiger partial charge in [0.25, 0.3) is 10.0 Å². The molecule has 244 valence electrons. The van der Waals surface area contributed by atoms with E-state index < -0.39 is 10.0 Å². The lowest BCUT2D eigenvalue weighted by molar-refractivity contribution is -0.130. The van der Waals surface area contributed by atoms with Crippen LogP contribution in [0, 0.1) is 6.92 Å². The first kappa shape index (κ1) is 32.6. The van der Waals surface area contributed by atoms with Gasteiger partial charge in [0.2, 0.25) is 5.91 Å². The van der Waals surface area contributed by atoms with Gasteiger partial charge in [-0.05, 0) is 82.1 Å². The number of benzene rings is 2. The summed E-state index contributed by atoms with van der Waals surface area (Å²) in [6.45, 7) is 6.92. The number of carbonyl (C=O) groups excluding carboxylic acids is 1. The van der Waals surface area contributed by atoms with E-state index in [-0.39, 0.29) is 23.4 Å². The Balaban J connectivity index is 1.27. The first-order chi connectivity index (χ1) is 22.2. The lowest BCUT2D eigenvalue weighted by Crippen LogP contribution is -2.53. The predicted molar refractivity (Wildman–Crippen MR) is 183 cm³/mol. The number of piperidine rings is 2. The Labute approximate surface area is 280 Å². The zero-order valence-corrected chi connectivity index (χ0v) is 28.2. The highest BCUT2D eigenvalue weighted by molar-refractivity contribution is 7.90. The van der Waals surface area contributed by atoms with E-state index >= 15 is 0 Å². The molecule has 13 heteroatoms. The smallest absolute Gasteiger partial charge is 0.269 e. The number of halogens is 2. The van der Waals surface area contributed by atoms with Crippen LogP contribution in [0.5, 0.6) is 0 Å². The molecule has 1 unspecified atom stereocenters. The number of fused-ring (bicyclic) bond motifs is 1. The minimum absolute atomic E-state index is 0.00161. The maximum Gasteiger partial charge on any atom is 0.269 e. The number of rotatable bonds is 10. The first-order valence-electron chi connectivity index (χ1n) is 15.8. The Kier molecular flexibility index (Phi) is 10.0. The van der Waals surface area contributed by atoms with E-state index in [0.717, 1.165) is 38.0 Å². The molecule has 2 aromatic carbocycles. The second-order valence-electron chi connectivity index (χ2n) is 12.1. The fraction of sp³-hybridized carbons (Fsp3) is 0.424. The average molecular weight is 685 g/mol. The first-order valence-corrected chi connectivity index (χ1v) is 18.0. The van der Waals surface area contributed by atoms with Crippen LogP contribution in [0.15, 0.2) is 66.0 Å². The van der Waals surface area contributed by atoms with Crippen molar-refractivity contribution >= 4 is 61.7 Å². The Morgan fingerprint density at radius 3 is 2.46 bits per heavy atom. The van der Waals surface area contributed by atoms with Gasteiger partial charge in [0.05, 0.1) is 16.8 Å². The summed E-state index contributed by atoms with van der Waals surface area (Å²) in [6, 6.07) is 13.7. The molecule has 2 aliphatic rings. The zero-order chi connectivity index (χ0) is 32.3. The molecule has 0 bridgehead atoms. The van der Waals surface area contributed by atoms with Crippen LogP contribution in [0.3, 0.4) is 0 Å². The molecule has 1 N–H and O–H groups in total. The molecular weight excluding hydrogens is 645 g/mol. The Morgan fingerprint density at radius 2 is 1.72 bits per heavy atom. The van der Waals surface area contributed by atoms with Crippen molar-refractivity contribution < 1.29 is 13.2 Å². The molecule has 0 aliphatic carbocycles. The maximum absolute atomic E-state index is 13.7. The van der Waals surface area contributed by atoms with Crippen molar-refractivity contribution in [3.05, 3.63) is 76.7 Å². The summed E-state index contributed by atoms with van der Waals surface area (Å²) in [4.78, 5) is 29.4. The van der Waals surface area contributed by atoms with Gasteiger partial charge in [0.15, 0.2) is 5.65 Å². The van der Waals surface area contributed by atoms with Crippen LogP contribution in [-0.4, -0.2) is 89.9 Å². The van der Waals surface area contributed by atoms with Crippen molar-refractivity contribution in [3.8, 4) is 0 Å². The monoisotopic (exact) mass is 683 g/mol. The summed E-state index contributed by atoms with van der Waals surface area (Å²) < 4.78 is 28.6. The highest BCUT2D eigenvalue weighted by atomic mass is 35.5. The summed E-state index contributed by atoms with van der Waals surface area (Å²) in [5.74, 6) is 0.672. The van der Waals surface area contributed by atoms with Crippen molar-refractivity contribution in [1.29, 1.82) is 0 Å². The van der Waals surface area contributed by atoms with E-state index in [1.165, 1.54) is 29.6 Å². The molecule has 4 aromatic rings. The van der Waals surface area contributed by atoms with Crippen LogP contribution in [0.25, 0.3) is 11.0 Å². The van der Waals surface area contributed by atoms with Crippen molar-refractivity contribution in [1.82, 2.24) is 23.7 Å². The fourth-order valence-corrected chi connectivity index (χ4v) is 8.26. The van der Waals surface area contributed by atoms with E-state index in [1.54, 1.807) is 54.7 Å². The van der Waals surface area contributed by atoms with Crippen molar-refractivity contribution in [3.63, 3.8) is 0 Å². The summed E-state index contributed by atoms with van der Waals surface area (Å²) in [5, 5.41) is 4.83. The third-order valence-electron chi connectivity index (χ3n) is 8.88. The lowest BCUT2D eigenvalue weighted by Gasteiger charge is -2.41. The lowest BCUT2D eigenvalue weighted by atomic mass is 10.0. The minimum atomic E-state index is -3.87. The Bertz CT molecular complexity index is 1770. The highest BCUT2D eigenvalue weighted by Crippen LogP contribution is 2.31. The molecule has 0 radical (unpaired) electrons. The normalized spacial score (nSPS) is 17.7. The van der Waals surface area contributed by atoms with E-state index in [2.05, 4.69) is 20.1 Å². The molecule has 0 saturated carbocycles. The van der Waals surface area contributed by atoms with Crippen molar-refractivity contribution in [2.45, 2.75) is 50.0 Å². The van der Waals surface area contributed by atoms with E-state index in [4.69, 9.17) is 28.2 Å². The summed E-state index contributed by atoms with van der Waals surface area (Å²) >= 11 is 12.3. The quantitative estimate of drug-likeness (QED) is 0.228. The average Bonchev–Trinajstić information content (AvgIpc) is 3.50. The number of nitrogens with zero attached hydrogens (tertiary/aromatic N) is 6. The SMILES string of the molecule is Cc1ccc(S(=O)(=O)n2ccc3c(N(CCN4CCCCC4)C4CCCN(C(=O)CNc5cc(Cl)cc(Cl)c5)C4)ncnc32)cc1. The number of nitrogens with one attached hydrogen (secondary N) is 1. The summed E-state index contributed by atoms with van der Waals surface area (Å²) in [5.41, 5.74) is 2.01. The Morgan fingerprint density at radius 1 is 0.978 bits per heavy atom. The maximum atomic E-state index is 13.7. The highest BCUT2D eigenvalue weighted by Gasteiger charge is 2.31. The van der Waals surface area contributed by atoms with E-state index in [9.17, 15) is 13.2 Å². The molecule has 10 nitrogen and oxygen atoms in total. The molecule has 2 fully saturated rings. The van der Waals surface area contributed by atoms with E-state index in [1.807, 2.05) is 11.8 Å². The fourth-order valence-electron chi connectivity index (χ4n) is 6.44. The molecule has 46 heavy (non-hydrogen) atoms. The molecule has 1 atom stereocenters. The van der Waals surface area contributed by atoms with Gasteiger partial charge in [-0.1, -0.05) is 47.3 Å². The zero-order valence-electron chi connectivity index (χ0n) is 25.9. The van der Waals surface area contributed by atoms with Crippen LogP contribution in [0.2, 0.25) is 10.0 Å². The number of carbonyl (C=O) groups is 1. The number of aryl methyl sites for hydroxylation is 1. The van der Waals surface area contributed by atoms with Crippen molar-refractivity contribution in [2.24, 2.45) is 0 Å². The van der Waals surface area contributed by atoms with Gasteiger partial charge in [0, 0.05) is 54.2 Å². The topological polar surface area (TPSA) is 104 Å². The summed E-state index contributed by atoms with van der Waals surface area (Å²) in [6.07, 6.45) is 8.36. The predicted octanol–water partition coefficient (Wildman–Crippen LogP) is 5.68. The minimum Gasteiger partial charge on any atom is -0.376 e. The third kappa shape index (κ3) is 7.27. The number of anilines is 2. The molecule has 1 amide bonds. The molecule has 4 heterocycles. The van der Waals surface area contributed by atoms with Crippen LogP contribution >= 0.6 is 23.2 Å². The van der Waals surface area contributed by atoms with Crippen LogP contribution < -0.4 is 10.2 Å². The van der Waals surface area contributed by atoms with Gasteiger partial charge in [-0.3, -0.25) is 4.79 Å². The number of amides is 1. The van der Waals surface area contributed by atoms with Crippen LogP contribution in [0.4, 0.5) is 11.5 Å². The van der Waals surface area contributed by atoms with Gasteiger partial charge >= 0.3 is 0 Å². The number of hydrogen-bond acceptors (Lipinski definition) is 8. The standard InChI is InChI=1S/C33H39Cl2N7O3S/c1-24-7-9-29(10-8-24)46(44,45)42-15-11-30-32(37-23-38-33(30)42)41(17-16-39-12-3-2-4-13-39)28-6-5-14-40(22-28)31(43)21-36-27-19-25(34)18-26(35)20-27/h7-11,15,18-20,23,28,36H,2-6,12-14,16-17,21-22H2,1H3. The molecule has 2 aromatic heterocycles. The molecule has 2 saturated heterocycles. The van der Waals surface area contributed by atoms with Gasteiger partial charge in [0.1, 0.15) is 12.1 Å². The van der Waals surface area contributed by atoms with Gasteiger partial charge in [-0.2, -0.15) is 0 Å². The second kappa shape index (κ2) is 14.2. The van der Waals surface area contributed by atoms with Crippen LogP contribution in [-0.2, 0) is 14.8 Å². The Hall–Kier alpha value is -3.38. The molecule has 6 rings (SSSR count). The van der Waals surface area contributed by atoms with Crippen molar-refractivity contribution in [2.75, 3.05) is 56.0 Å². The van der Waals surface area contributed by atoms with E-state index in [0.29, 0.717) is 52.2 Å². The molecular formula is C33H39Cl2N7O3S. The van der Waals surface area contributed by atoms with Gasteiger partial charge < -0.3 is 20.0 Å². The number of likely N-dealkylation sites (tertiary alicyclic amines) is 2. The number of hydrogen-bond donors (Lipinski definition) is 1. The van der Waals surface area contributed by atoms with Gasteiger partial charge in [-0.25, -0.2) is 22.4 Å². The third-order valence-corrected chi connectivity index (χ3v) is 11.0. The van der Waals surface area contributed by atoms with Crippen LogP contribution in [0.1, 0.15) is 37.7 Å². The van der Waals surface area contributed by atoms with Gasteiger partial charge in [-0.15, -0.1) is 0 Å². The molecule has 0 spiro atoms.